The van der Waals surface area contributed by atoms with Crippen LogP contribution in [-0.4, -0.2) is 25.0 Å². The number of nitrogens with one attached hydrogen (secondary N) is 2. The molecule has 0 aromatic heterocycles. The van der Waals surface area contributed by atoms with Crippen molar-refractivity contribution in [2.24, 2.45) is 0 Å². The molecule has 1 saturated heterocycles. The molecule has 5 nitrogen and oxygen atoms in total. The summed E-state index contributed by atoms with van der Waals surface area (Å²) in [4.78, 5) is 25.6. The summed E-state index contributed by atoms with van der Waals surface area (Å²) in [6.45, 7) is 1.27. The van der Waals surface area contributed by atoms with Gasteiger partial charge in [-0.15, -0.1) is 0 Å². The molecule has 0 saturated carbocycles. The highest BCUT2D eigenvalue weighted by Crippen LogP contribution is 2.23. The van der Waals surface area contributed by atoms with E-state index in [1.807, 2.05) is 0 Å². The van der Waals surface area contributed by atoms with Crippen molar-refractivity contribution in [3.05, 3.63) is 57.5 Å². The maximum atomic E-state index is 12.3. The molecule has 0 atom stereocenters. The van der Waals surface area contributed by atoms with Crippen LogP contribution in [-0.2, 0) is 0 Å². The minimum Gasteiger partial charge on any atom is -0.336 e. The van der Waals surface area contributed by atoms with E-state index in [2.05, 4.69) is 26.6 Å². The monoisotopic (exact) mass is 393 g/mol. The summed E-state index contributed by atoms with van der Waals surface area (Å²) in [5.74, 6) is -0.289. The summed E-state index contributed by atoms with van der Waals surface area (Å²) in [6.07, 6.45) is 0. The maximum absolute atomic E-state index is 12.3. The fraction of sp³-hybridized carbons (Fsp3) is 0.125. The van der Waals surface area contributed by atoms with Crippen molar-refractivity contribution in [3.63, 3.8) is 0 Å². The Morgan fingerprint density at radius 2 is 1.96 bits per heavy atom. The van der Waals surface area contributed by atoms with Gasteiger partial charge in [0.15, 0.2) is 0 Å². The Hall–Kier alpha value is -2.05. The van der Waals surface area contributed by atoms with Crippen molar-refractivity contribution < 1.29 is 9.59 Å². The van der Waals surface area contributed by atoms with Gasteiger partial charge in [-0.2, -0.15) is 0 Å². The van der Waals surface area contributed by atoms with Gasteiger partial charge in [0.2, 0.25) is 0 Å². The van der Waals surface area contributed by atoms with Crippen molar-refractivity contribution in [2.45, 2.75) is 0 Å². The van der Waals surface area contributed by atoms with E-state index < -0.39 is 0 Å². The van der Waals surface area contributed by atoms with Crippen molar-refractivity contribution >= 4 is 50.8 Å². The number of anilines is 2. The molecule has 2 aromatic rings. The highest BCUT2D eigenvalue weighted by atomic mass is 79.9. The fourth-order valence-electron chi connectivity index (χ4n) is 2.31. The van der Waals surface area contributed by atoms with E-state index in [-0.39, 0.29) is 11.9 Å². The van der Waals surface area contributed by atoms with Crippen LogP contribution in [0.15, 0.2) is 46.9 Å². The number of hydrogen-bond donors (Lipinski definition) is 2. The summed E-state index contributed by atoms with van der Waals surface area (Å²) in [5.41, 5.74) is 1.82. The molecular weight excluding hydrogens is 382 g/mol. The van der Waals surface area contributed by atoms with Crippen LogP contribution in [0.4, 0.5) is 16.2 Å². The molecule has 0 aliphatic carbocycles. The second kappa shape index (κ2) is 6.60. The Bertz CT molecular complexity index is 764. The van der Waals surface area contributed by atoms with Crippen molar-refractivity contribution in [2.75, 3.05) is 23.3 Å². The fourth-order valence-corrected chi connectivity index (χ4v) is 2.88. The number of rotatable bonds is 3. The molecule has 1 fully saturated rings. The molecule has 3 rings (SSSR count). The predicted octanol–water partition coefficient (Wildman–Crippen LogP) is 3.88. The van der Waals surface area contributed by atoms with Gasteiger partial charge < -0.3 is 10.6 Å². The van der Waals surface area contributed by atoms with Gasteiger partial charge in [0.25, 0.3) is 5.91 Å². The molecule has 118 valence electrons. The minimum atomic E-state index is -0.289. The van der Waals surface area contributed by atoms with Crippen LogP contribution >= 0.6 is 27.5 Å². The number of amides is 3. The first-order chi connectivity index (χ1) is 11.0. The number of hydrogen-bond acceptors (Lipinski definition) is 2. The molecule has 1 heterocycles. The van der Waals surface area contributed by atoms with E-state index in [0.29, 0.717) is 29.4 Å². The molecule has 1 aliphatic heterocycles. The van der Waals surface area contributed by atoms with Gasteiger partial charge in [0, 0.05) is 28.9 Å². The van der Waals surface area contributed by atoms with Gasteiger partial charge in [-0.3, -0.25) is 9.69 Å². The molecular formula is C16H13BrClN3O2. The van der Waals surface area contributed by atoms with Gasteiger partial charge >= 0.3 is 6.03 Å². The number of nitrogens with zero attached hydrogens (tertiary/aromatic N) is 1. The lowest BCUT2D eigenvalue weighted by Gasteiger charge is -2.15. The summed E-state index contributed by atoms with van der Waals surface area (Å²) in [6, 6.07) is 12.1. The first-order valence-corrected chi connectivity index (χ1v) is 8.13. The third-order valence-corrected chi connectivity index (χ3v) is 4.29. The average Bonchev–Trinajstić information content (AvgIpc) is 2.96. The SMILES string of the molecule is O=C(Nc1ccc(N2CCNC2=O)cc1)c1cc(Br)ccc1Cl. The second-order valence-electron chi connectivity index (χ2n) is 5.01. The zero-order valence-corrected chi connectivity index (χ0v) is 14.3. The molecule has 0 unspecified atom stereocenters. The Morgan fingerprint density at radius 3 is 2.61 bits per heavy atom. The predicted molar refractivity (Wildman–Crippen MR) is 94.3 cm³/mol. The average molecular weight is 395 g/mol. The van der Waals surface area contributed by atoms with Crippen LogP contribution < -0.4 is 15.5 Å². The molecule has 7 heteroatoms. The number of carbonyl (C=O) groups is 2. The quantitative estimate of drug-likeness (QED) is 0.830. The lowest BCUT2D eigenvalue weighted by Crippen LogP contribution is -2.27. The molecule has 2 aromatic carbocycles. The van der Waals surface area contributed by atoms with E-state index >= 15 is 0 Å². The largest absolute Gasteiger partial charge is 0.336 e. The Balaban J connectivity index is 1.74. The molecule has 0 radical (unpaired) electrons. The van der Waals surface area contributed by atoms with Crippen LogP contribution in [0.1, 0.15) is 10.4 Å². The number of benzene rings is 2. The van der Waals surface area contributed by atoms with Crippen molar-refractivity contribution in [3.8, 4) is 0 Å². The van der Waals surface area contributed by atoms with Crippen LogP contribution in [0.5, 0.6) is 0 Å². The zero-order valence-electron chi connectivity index (χ0n) is 12.0. The molecule has 2 N–H and O–H groups in total. The van der Waals surface area contributed by atoms with Crippen LogP contribution in [0.3, 0.4) is 0 Å². The third-order valence-electron chi connectivity index (χ3n) is 3.47. The van der Waals surface area contributed by atoms with Gasteiger partial charge in [0.05, 0.1) is 10.6 Å². The Morgan fingerprint density at radius 1 is 1.22 bits per heavy atom. The maximum Gasteiger partial charge on any atom is 0.321 e. The Labute approximate surface area is 146 Å². The molecule has 3 amide bonds. The summed E-state index contributed by atoms with van der Waals surface area (Å²) < 4.78 is 0.780. The van der Waals surface area contributed by atoms with Crippen LogP contribution in [0, 0.1) is 0 Å². The standard InChI is InChI=1S/C16H13BrClN3O2/c17-10-1-6-14(18)13(9-10)15(22)20-11-2-4-12(5-3-11)21-8-7-19-16(21)23/h1-6,9H,7-8H2,(H,19,23)(H,20,22). The minimum absolute atomic E-state index is 0.109. The lowest BCUT2D eigenvalue weighted by atomic mass is 10.2. The highest BCUT2D eigenvalue weighted by Gasteiger charge is 2.20. The van der Waals surface area contributed by atoms with Gasteiger partial charge in [-0.05, 0) is 42.5 Å². The summed E-state index contributed by atoms with van der Waals surface area (Å²) in [5, 5.41) is 5.92. The number of halogens is 2. The van der Waals surface area contributed by atoms with E-state index in [4.69, 9.17) is 11.6 Å². The number of carbonyl (C=O) groups excluding carboxylic acids is 2. The summed E-state index contributed by atoms with van der Waals surface area (Å²) >= 11 is 9.37. The van der Waals surface area contributed by atoms with Crippen LogP contribution in [0.25, 0.3) is 0 Å². The summed E-state index contributed by atoms with van der Waals surface area (Å²) in [7, 11) is 0. The number of urea groups is 1. The van der Waals surface area contributed by atoms with Crippen molar-refractivity contribution in [1.29, 1.82) is 0 Å². The molecule has 0 bridgehead atoms. The van der Waals surface area contributed by atoms with Crippen LogP contribution in [0.2, 0.25) is 5.02 Å². The normalized spacial score (nSPS) is 13.8. The van der Waals surface area contributed by atoms with Gasteiger partial charge in [0.1, 0.15) is 0 Å². The zero-order chi connectivity index (χ0) is 16.4. The van der Waals surface area contributed by atoms with E-state index in [9.17, 15) is 9.59 Å². The first-order valence-electron chi connectivity index (χ1n) is 6.96. The smallest absolute Gasteiger partial charge is 0.321 e. The topological polar surface area (TPSA) is 61.4 Å². The van der Waals surface area contributed by atoms with E-state index in [1.165, 1.54) is 0 Å². The Kier molecular flexibility index (Phi) is 4.54. The highest BCUT2D eigenvalue weighted by molar-refractivity contribution is 9.10. The van der Waals surface area contributed by atoms with Crippen molar-refractivity contribution in [1.82, 2.24) is 5.32 Å². The van der Waals surface area contributed by atoms with Gasteiger partial charge in [-0.1, -0.05) is 27.5 Å². The second-order valence-corrected chi connectivity index (χ2v) is 6.33. The first kappa shape index (κ1) is 15.8. The molecule has 23 heavy (non-hydrogen) atoms. The van der Waals surface area contributed by atoms with E-state index in [0.717, 1.165) is 10.2 Å². The van der Waals surface area contributed by atoms with E-state index in [1.54, 1.807) is 47.4 Å². The van der Waals surface area contributed by atoms with Gasteiger partial charge in [-0.25, -0.2) is 4.79 Å². The third kappa shape index (κ3) is 3.48. The molecule has 0 spiro atoms. The lowest BCUT2D eigenvalue weighted by molar-refractivity contribution is 0.102. The molecule has 1 aliphatic rings.